The summed E-state index contributed by atoms with van der Waals surface area (Å²) in [5, 5.41) is 16.9. The van der Waals surface area contributed by atoms with Crippen molar-refractivity contribution in [1.29, 1.82) is 0 Å². The van der Waals surface area contributed by atoms with E-state index in [1.165, 1.54) is 0 Å². The third-order valence-corrected chi connectivity index (χ3v) is 9.67. The molecule has 48 heavy (non-hydrogen) atoms. The highest BCUT2D eigenvalue weighted by Crippen LogP contribution is 2.42. The number of carbonyl (C=O) groups is 1. The van der Waals surface area contributed by atoms with E-state index in [2.05, 4.69) is 20.5 Å². The van der Waals surface area contributed by atoms with E-state index >= 15 is 0 Å². The molecule has 13 heteroatoms. The summed E-state index contributed by atoms with van der Waals surface area (Å²) >= 11 is 14.1. The van der Waals surface area contributed by atoms with Crippen LogP contribution in [0.5, 0.6) is 11.8 Å². The first kappa shape index (κ1) is 34.0. The summed E-state index contributed by atoms with van der Waals surface area (Å²) in [7, 11) is 3.15. The van der Waals surface area contributed by atoms with Crippen molar-refractivity contribution in [2.24, 2.45) is 5.92 Å². The molecule has 11 nitrogen and oxygen atoms in total. The third-order valence-electron chi connectivity index (χ3n) is 8.85. The Labute approximate surface area is 290 Å². The van der Waals surface area contributed by atoms with Crippen LogP contribution in [0.15, 0.2) is 48.8 Å². The first-order valence-corrected chi connectivity index (χ1v) is 16.8. The van der Waals surface area contributed by atoms with Crippen molar-refractivity contribution < 1.29 is 19.4 Å². The van der Waals surface area contributed by atoms with Gasteiger partial charge in [0.05, 0.1) is 48.0 Å². The van der Waals surface area contributed by atoms with Crippen LogP contribution in [0.3, 0.4) is 0 Å². The average Bonchev–Trinajstić information content (AvgIpc) is 3.53. The molecule has 0 unspecified atom stereocenters. The lowest BCUT2D eigenvalue weighted by molar-refractivity contribution is -0.119. The van der Waals surface area contributed by atoms with Gasteiger partial charge in [-0.15, -0.1) is 0 Å². The minimum absolute atomic E-state index is 0.0838. The molecule has 0 aliphatic carbocycles. The first-order valence-electron chi connectivity index (χ1n) is 16.1. The number of amides is 1. The van der Waals surface area contributed by atoms with Gasteiger partial charge >= 0.3 is 0 Å². The number of nitrogens with zero attached hydrogens (tertiary/aromatic N) is 5. The normalized spacial score (nSPS) is 18.1. The Bertz CT molecular complexity index is 1780. The maximum Gasteiger partial charge on any atom is 0.237 e. The fourth-order valence-electron chi connectivity index (χ4n) is 6.34. The number of hydrogen-bond donors (Lipinski definition) is 3. The molecule has 6 rings (SSSR count). The van der Waals surface area contributed by atoms with Gasteiger partial charge in [-0.2, -0.15) is 0 Å². The van der Waals surface area contributed by atoms with Gasteiger partial charge in [-0.25, -0.2) is 9.97 Å². The van der Waals surface area contributed by atoms with Crippen LogP contribution in [0.2, 0.25) is 10.0 Å². The maximum absolute atomic E-state index is 11.5. The van der Waals surface area contributed by atoms with Gasteiger partial charge in [0.2, 0.25) is 17.7 Å². The Morgan fingerprint density at radius 3 is 2.10 bits per heavy atom. The number of methoxy groups -OCH3 is 2. The van der Waals surface area contributed by atoms with Crippen LogP contribution in [-0.4, -0.2) is 82.4 Å². The summed E-state index contributed by atoms with van der Waals surface area (Å²) in [6.45, 7) is 3.62. The van der Waals surface area contributed by atoms with Gasteiger partial charge in [0.15, 0.2) is 0 Å². The Hall–Kier alpha value is -3.87. The Morgan fingerprint density at radius 1 is 0.917 bits per heavy atom. The number of aliphatic hydroxyl groups is 1. The molecule has 252 valence electrons. The SMILES string of the molecule is COc1nc(-c2cccc(-c3cccc(-c4cnc(CN5CCC[C@H](CO)C5)c(OC)n4)c3Cl)c2Cl)cnc1CNC[C@@H]1CCC(=O)N1. The molecule has 4 aromatic rings. The van der Waals surface area contributed by atoms with Crippen molar-refractivity contribution in [2.75, 3.05) is 40.5 Å². The number of piperidine rings is 1. The molecule has 2 aliphatic heterocycles. The number of halogens is 2. The van der Waals surface area contributed by atoms with Crippen LogP contribution in [0, 0.1) is 5.92 Å². The van der Waals surface area contributed by atoms with Gasteiger partial charge in [-0.3, -0.25) is 19.7 Å². The van der Waals surface area contributed by atoms with Crippen LogP contribution >= 0.6 is 23.2 Å². The lowest BCUT2D eigenvalue weighted by Crippen LogP contribution is -2.36. The predicted octanol–water partition coefficient (Wildman–Crippen LogP) is 5.16. The Morgan fingerprint density at radius 2 is 1.52 bits per heavy atom. The number of hydrogen-bond acceptors (Lipinski definition) is 10. The molecule has 4 heterocycles. The smallest absolute Gasteiger partial charge is 0.237 e. The summed E-state index contributed by atoms with van der Waals surface area (Å²) in [4.78, 5) is 32.6. The molecule has 2 aromatic carbocycles. The second kappa shape index (κ2) is 15.6. The molecular formula is C35H39Cl2N7O4. The predicted molar refractivity (Wildman–Crippen MR) is 185 cm³/mol. The van der Waals surface area contributed by atoms with Crippen LogP contribution in [-0.2, 0) is 17.9 Å². The molecular weight excluding hydrogens is 653 g/mol. The number of nitrogens with one attached hydrogen (secondary N) is 2. The van der Waals surface area contributed by atoms with E-state index in [-0.39, 0.29) is 24.5 Å². The summed E-state index contributed by atoms with van der Waals surface area (Å²) in [6, 6.07) is 11.5. The number of ether oxygens (including phenoxy) is 2. The second-order valence-corrected chi connectivity index (χ2v) is 12.9. The number of benzene rings is 2. The van der Waals surface area contributed by atoms with Crippen LogP contribution in [0.25, 0.3) is 33.6 Å². The standard InChI is InChI=1S/C35H39Cl2N7O4/c1-47-34-29(15-38-14-22-11-12-31(46)41-22)39-16-27(42-34)25-9-3-7-23(32(25)36)24-8-4-10-26(33(24)37)28-17-40-30(35(43-28)48-2)19-44-13-5-6-21(18-44)20-45/h3-4,7-10,16-17,21-22,38,45H,5-6,11-15,18-20H2,1-2H3,(H,41,46)/t21-,22-/m0/s1. The van der Waals surface area contributed by atoms with E-state index in [1.807, 2.05) is 36.4 Å². The van der Waals surface area contributed by atoms with Crippen molar-refractivity contribution >= 4 is 29.1 Å². The summed E-state index contributed by atoms with van der Waals surface area (Å²) in [5.74, 6) is 1.19. The van der Waals surface area contributed by atoms with Gasteiger partial charge in [-0.05, 0) is 31.7 Å². The van der Waals surface area contributed by atoms with Crippen LogP contribution in [0.1, 0.15) is 37.1 Å². The van der Waals surface area contributed by atoms with Gasteiger partial charge in [0.25, 0.3) is 0 Å². The zero-order valence-electron chi connectivity index (χ0n) is 27.0. The van der Waals surface area contributed by atoms with E-state index in [4.69, 9.17) is 47.6 Å². The second-order valence-electron chi connectivity index (χ2n) is 12.1. The fourth-order valence-corrected chi connectivity index (χ4v) is 6.99. The number of aliphatic hydroxyl groups excluding tert-OH is 1. The van der Waals surface area contributed by atoms with E-state index < -0.39 is 0 Å². The highest BCUT2D eigenvalue weighted by Gasteiger charge is 2.23. The molecule has 2 aromatic heterocycles. The van der Waals surface area contributed by atoms with Gasteiger partial charge in [0.1, 0.15) is 11.4 Å². The van der Waals surface area contributed by atoms with Crippen molar-refractivity contribution in [3.8, 4) is 45.4 Å². The summed E-state index contributed by atoms with van der Waals surface area (Å²) in [6.07, 6.45) is 6.84. The topological polar surface area (TPSA) is 135 Å². The fraction of sp³-hybridized carbons (Fsp3) is 0.400. The maximum atomic E-state index is 11.5. The zero-order chi connectivity index (χ0) is 33.6. The van der Waals surface area contributed by atoms with Gasteiger partial charge in [-0.1, -0.05) is 59.6 Å². The lowest BCUT2D eigenvalue weighted by atomic mass is 9.98. The van der Waals surface area contributed by atoms with Crippen molar-refractivity contribution in [3.05, 3.63) is 70.2 Å². The number of aromatic nitrogens is 4. The molecule has 1 amide bonds. The average molecular weight is 693 g/mol. The number of rotatable bonds is 12. The van der Waals surface area contributed by atoms with E-state index in [9.17, 15) is 9.90 Å². The lowest BCUT2D eigenvalue weighted by Gasteiger charge is -2.31. The Balaban J connectivity index is 1.23. The molecule has 0 radical (unpaired) electrons. The summed E-state index contributed by atoms with van der Waals surface area (Å²) in [5.41, 5.74) is 5.37. The molecule has 0 spiro atoms. The van der Waals surface area contributed by atoms with E-state index in [0.717, 1.165) is 49.2 Å². The molecule has 2 atom stereocenters. The number of likely N-dealkylation sites (tertiary alicyclic amines) is 1. The van der Waals surface area contributed by atoms with Crippen molar-refractivity contribution in [1.82, 2.24) is 35.5 Å². The minimum Gasteiger partial charge on any atom is -0.480 e. The molecule has 2 saturated heterocycles. The highest BCUT2D eigenvalue weighted by atomic mass is 35.5. The Kier molecular flexibility index (Phi) is 11.0. The highest BCUT2D eigenvalue weighted by molar-refractivity contribution is 6.39. The third kappa shape index (κ3) is 7.55. The zero-order valence-corrected chi connectivity index (χ0v) is 28.5. The van der Waals surface area contributed by atoms with Gasteiger partial charge < -0.3 is 25.2 Å². The summed E-state index contributed by atoms with van der Waals surface area (Å²) < 4.78 is 11.2. The largest absolute Gasteiger partial charge is 0.480 e. The minimum atomic E-state index is 0.0838. The molecule has 2 aliphatic rings. The molecule has 3 N–H and O–H groups in total. The van der Waals surface area contributed by atoms with E-state index in [0.29, 0.717) is 76.1 Å². The number of carbonyl (C=O) groups excluding carboxylic acids is 1. The van der Waals surface area contributed by atoms with Crippen molar-refractivity contribution in [2.45, 2.75) is 44.8 Å². The quantitative estimate of drug-likeness (QED) is 0.183. The monoisotopic (exact) mass is 691 g/mol. The molecule has 0 saturated carbocycles. The van der Waals surface area contributed by atoms with Crippen LogP contribution < -0.4 is 20.1 Å². The first-order chi connectivity index (χ1) is 23.4. The van der Waals surface area contributed by atoms with Gasteiger partial charge in [0, 0.05) is 67.5 Å². The molecule has 2 fully saturated rings. The van der Waals surface area contributed by atoms with Crippen molar-refractivity contribution in [3.63, 3.8) is 0 Å². The van der Waals surface area contributed by atoms with Crippen LogP contribution in [0.4, 0.5) is 0 Å². The molecule has 0 bridgehead atoms. The van der Waals surface area contributed by atoms with E-state index in [1.54, 1.807) is 26.6 Å².